The van der Waals surface area contributed by atoms with E-state index in [2.05, 4.69) is 10.4 Å². The average molecular weight is 334 g/mol. The molecule has 0 saturated heterocycles. The fourth-order valence-corrected chi connectivity index (χ4v) is 2.40. The van der Waals surface area contributed by atoms with Gasteiger partial charge in [-0.1, -0.05) is 17.7 Å². The predicted molar refractivity (Wildman–Crippen MR) is 84.1 cm³/mol. The molecule has 2 heterocycles. The van der Waals surface area contributed by atoms with Gasteiger partial charge in [0, 0.05) is 16.8 Å². The monoisotopic (exact) mass is 333 g/mol. The van der Waals surface area contributed by atoms with Crippen LogP contribution in [0.25, 0.3) is 0 Å². The van der Waals surface area contributed by atoms with E-state index in [9.17, 15) is 9.18 Å². The maximum absolute atomic E-state index is 13.8. The van der Waals surface area contributed by atoms with Crippen LogP contribution in [0.15, 0.2) is 47.3 Å². The molecule has 1 amide bonds. The van der Waals surface area contributed by atoms with Crippen molar-refractivity contribution in [2.75, 3.05) is 5.32 Å². The molecule has 0 aliphatic carbocycles. The number of rotatable bonds is 4. The molecule has 3 aromatic rings. The molecule has 118 valence electrons. The van der Waals surface area contributed by atoms with Gasteiger partial charge in [0.1, 0.15) is 11.6 Å². The molecular weight excluding hydrogens is 321 g/mol. The second-order valence-corrected chi connectivity index (χ2v) is 5.38. The largest absolute Gasteiger partial charge is 0.469 e. The first-order chi connectivity index (χ1) is 11.0. The molecule has 0 fully saturated rings. The minimum Gasteiger partial charge on any atom is -0.469 e. The Balaban J connectivity index is 1.74. The summed E-state index contributed by atoms with van der Waals surface area (Å²) in [5.74, 6) is -0.152. The van der Waals surface area contributed by atoms with E-state index in [-0.39, 0.29) is 12.5 Å². The second kappa shape index (κ2) is 6.26. The lowest BCUT2D eigenvalue weighted by molar-refractivity contribution is 0.102. The molecule has 0 aliphatic rings. The Labute approximate surface area is 136 Å². The fourth-order valence-electron chi connectivity index (χ4n) is 2.18. The molecule has 0 saturated carbocycles. The molecule has 3 rings (SSSR count). The predicted octanol–water partition coefficient (Wildman–Crippen LogP) is 3.88. The molecule has 1 aromatic carbocycles. The van der Waals surface area contributed by atoms with Crippen LogP contribution in [0.2, 0.25) is 5.02 Å². The van der Waals surface area contributed by atoms with Crippen LogP contribution in [-0.4, -0.2) is 15.7 Å². The third kappa shape index (κ3) is 3.27. The van der Waals surface area contributed by atoms with Crippen molar-refractivity contribution in [3.63, 3.8) is 0 Å². The molecule has 0 radical (unpaired) electrons. The lowest BCUT2D eigenvalue weighted by Gasteiger charge is -2.05. The minimum atomic E-state index is -0.396. The summed E-state index contributed by atoms with van der Waals surface area (Å²) in [7, 11) is 0. The van der Waals surface area contributed by atoms with Gasteiger partial charge in [-0.2, -0.15) is 5.10 Å². The summed E-state index contributed by atoms with van der Waals surface area (Å²) in [5.41, 5.74) is 1.30. The van der Waals surface area contributed by atoms with E-state index in [1.165, 1.54) is 23.2 Å². The summed E-state index contributed by atoms with van der Waals surface area (Å²) < 4.78 is 20.4. The number of hydrogen-bond donors (Lipinski definition) is 1. The lowest BCUT2D eigenvalue weighted by atomic mass is 10.2. The van der Waals surface area contributed by atoms with Crippen LogP contribution in [0.5, 0.6) is 0 Å². The molecule has 0 bridgehead atoms. The number of aryl methyl sites for hydroxylation is 1. The number of nitrogens with one attached hydrogen (secondary N) is 1. The van der Waals surface area contributed by atoms with Crippen LogP contribution in [0.3, 0.4) is 0 Å². The Hall–Kier alpha value is -2.60. The zero-order chi connectivity index (χ0) is 16.4. The van der Waals surface area contributed by atoms with Crippen molar-refractivity contribution >= 4 is 23.2 Å². The van der Waals surface area contributed by atoms with Crippen molar-refractivity contribution in [1.29, 1.82) is 0 Å². The molecule has 2 aromatic heterocycles. The van der Waals surface area contributed by atoms with Crippen LogP contribution in [0.1, 0.15) is 21.7 Å². The van der Waals surface area contributed by atoms with Gasteiger partial charge in [0.2, 0.25) is 0 Å². The molecule has 0 spiro atoms. The lowest BCUT2D eigenvalue weighted by Crippen LogP contribution is -2.11. The van der Waals surface area contributed by atoms with Crippen LogP contribution in [-0.2, 0) is 6.54 Å². The molecule has 23 heavy (non-hydrogen) atoms. The topological polar surface area (TPSA) is 60.1 Å². The maximum Gasteiger partial charge on any atom is 0.259 e. The van der Waals surface area contributed by atoms with Gasteiger partial charge in [-0.3, -0.25) is 9.48 Å². The first-order valence-corrected chi connectivity index (χ1v) is 7.23. The van der Waals surface area contributed by atoms with E-state index in [4.69, 9.17) is 16.0 Å². The van der Waals surface area contributed by atoms with Crippen LogP contribution in [0, 0.1) is 12.7 Å². The smallest absolute Gasteiger partial charge is 0.259 e. The van der Waals surface area contributed by atoms with Gasteiger partial charge in [-0.25, -0.2) is 4.39 Å². The highest BCUT2D eigenvalue weighted by Gasteiger charge is 2.13. The Morgan fingerprint density at radius 3 is 2.96 bits per heavy atom. The zero-order valence-corrected chi connectivity index (χ0v) is 13.0. The molecule has 5 nitrogen and oxygen atoms in total. The number of nitrogens with zero attached hydrogens (tertiary/aromatic N) is 2. The molecule has 1 N–H and O–H groups in total. The highest BCUT2D eigenvalue weighted by molar-refractivity contribution is 6.31. The number of carbonyl (C=O) groups is 1. The standard InChI is InChI=1S/C16H13ClFN3O2/c1-10-12(5-6-23-10)16(22)20-11-7-19-21(8-11)9-13-14(17)3-2-4-15(13)18/h2-8H,9H2,1H3,(H,20,22). The van der Waals surface area contributed by atoms with E-state index >= 15 is 0 Å². The van der Waals surface area contributed by atoms with Gasteiger partial charge in [0.05, 0.1) is 30.3 Å². The number of halogens is 2. The fraction of sp³-hybridized carbons (Fsp3) is 0.125. The maximum atomic E-state index is 13.8. The van der Waals surface area contributed by atoms with E-state index < -0.39 is 5.82 Å². The van der Waals surface area contributed by atoms with Gasteiger partial charge in [0.25, 0.3) is 5.91 Å². The summed E-state index contributed by atoms with van der Waals surface area (Å²) in [6.45, 7) is 1.88. The summed E-state index contributed by atoms with van der Waals surface area (Å²) in [6.07, 6.45) is 4.55. The summed E-state index contributed by atoms with van der Waals surface area (Å²) in [6, 6.07) is 6.10. The zero-order valence-electron chi connectivity index (χ0n) is 12.2. The highest BCUT2D eigenvalue weighted by atomic mass is 35.5. The second-order valence-electron chi connectivity index (χ2n) is 4.97. The molecule has 0 aliphatic heterocycles. The third-order valence-corrected chi connectivity index (χ3v) is 3.73. The average Bonchev–Trinajstić information content (AvgIpc) is 3.12. The third-order valence-electron chi connectivity index (χ3n) is 3.38. The van der Waals surface area contributed by atoms with Gasteiger partial charge in [-0.15, -0.1) is 0 Å². The van der Waals surface area contributed by atoms with Gasteiger partial charge < -0.3 is 9.73 Å². The SMILES string of the molecule is Cc1occc1C(=O)Nc1cnn(Cc2c(F)cccc2Cl)c1. The summed E-state index contributed by atoms with van der Waals surface area (Å²) in [5, 5.41) is 7.15. The van der Waals surface area contributed by atoms with Gasteiger partial charge >= 0.3 is 0 Å². The number of carbonyl (C=O) groups excluding carboxylic acids is 1. The number of benzene rings is 1. The van der Waals surface area contributed by atoms with E-state index in [1.807, 2.05) is 0 Å². The number of hydrogen-bond acceptors (Lipinski definition) is 3. The number of aromatic nitrogens is 2. The van der Waals surface area contributed by atoms with Crippen molar-refractivity contribution < 1.29 is 13.6 Å². The Morgan fingerprint density at radius 2 is 2.26 bits per heavy atom. The van der Waals surface area contributed by atoms with Gasteiger partial charge in [0.15, 0.2) is 0 Å². The van der Waals surface area contributed by atoms with Crippen molar-refractivity contribution in [2.24, 2.45) is 0 Å². The number of amides is 1. The van der Waals surface area contributed by atoms with Crippen LogP contribution >= 0.6 is 11.6 Å². The first-order valence-electron chi connectivity index (χ1n) is 6.85. The van der Waals surface area contributed by atoms with E-state index in [1.54, 1.807) is 31.3 Å². The molecular formula is C16H13ClFN3O2. The Morgan fingerprint density at radius 1 is 1.43 bits per heavy atom. The molecule has 0 atom stereocenters. The van der Waals surface area contributed by atoms with Crippen molar-refractivity contribution in [1.82, 2.24) is 9.78 Å². The van der Waals surface area contributed by atoms with Crippen molar-refractivity contribution in [3.8, 4) is 0 Å². The quantitative estimate of drug-likeness (QED) is 0.788. The van der Waals surface area contributed by atoms with Crippen LogP contribution in [0.4, 0.5) is 10.1 Å². The number of furan rings is 1. The summed E-state index contributed by atoms with van der Waals surface area (Å²) >= 11 is 5.99. The van der Waals surface area contributed by atoms with Crippen molar-refractivity contribution in [3.05, 3.63) is 70.6 Å². The Kier molecular flexibility index (Phi) is 4.16. The van der Waals surface area contributed by atoms with Crippen LogP contribution < -0.4 is 5.32 Å². The van der Waals surface area contributed by atoms with Crippen molar-refractivity contribution in [2.45, 2.75) is 13.5 Å². The molecule has 7 heteroatoms. The number of anilines is 1. The minimum absolute atomic E-state index is 0.173. The normalized spacial score (nSPS) is 10.7. The first kappa shape index (κ1) is 15.3. The molecule has 0 unspecified atom stereocenters. The van der Waals surface area contributed by atoms with E-state index in [0.29, 0.717) is 27.6 Å². The van der Waals surface area contributed by atoms with E-state index in [0.717, 1.165) is 0 Å². The Bertz CT molecular complexity index is 836. The summed E-state index contributed by atoms with van der Waals surface area (Å²) in [4.78, 5) is 12.1. The van der Waals surface area contributed by atoms with Gasteiger partial charge in [-0.05, 0) is 25.1 Å². The highest BCUT2D eigenvalue weighted by Crippen LogP contribution is 2.20.